The van der Waals surface area contributed by atoms with Gasteiger partial charge in [-0.1, -0.05) is 24.3 Å². The summed E-state index contributed by atoms with van der Waals surface area (Å²) in [6, 6.07) is 14.6. The number of likely N-dealkylation sites (tertiary alicyclic amines) is 1. The van der Waals surface area contributed by atoms with E-state index < -0.39 is 0 Å². The number of nitrogens with zero attached hydrogens (tertiary/aromatic N) is 2. The quantitative estimate of drug-likeness (QED) is 0.758. The molecule has 1 aliphatic heterocycles. The number of aromatic nitrogens is 2. The molecule has 0 bridgehead atoms. The summed E-state index contributed by atoms with van der Waals surface area (Å²) in [5.74, 6) is 1.55. The van der Waals surface area contributed by atoms with Gasteiger partial charge in [-0.15, -0.1) is 0 Å². The summed E-state index contributed by atoms with van der Waals surface area (Å²) in [7, 11) is 0. The molecule has 1 aliphatic carbocycles. The van der Waals surface area contributed by atoms with Crippen molar-refractivity contribution >= 4 is 16.9 Å². The molecule has 0 radical (unpaired) electrons. The molecule has 1 N–H and O–H groups in total. The zero-order valence-electron chi connectivity index (χ0n) is 15.1. The third-order valence-electron chi connectivity index (χ3n) is 5.93. The first kappa shape index (κ1) is 16.5. The molecule has 4 nitrogen and oxygen atoms in total. The lowest BCUT2D eigenvalue weighted by molar-refractivity contribution is -0.133. The van der Waals surface area contributed by atoms with Crippen molar-refractivity contribution in [2.75, 3.05) is 13.1 Å². The van der Waals surface area contributed by atoms with Gasteiger partial charge in [0.15, 0.2) is 0 Å². The summed E-state index contributed by atoms with van der Waals surface area (Å²) in [5.41, 5.74) is 3.10. The smallest absolute Gasteiger partial charge is 0.226 e. The van der Waals surface area contributed by atoms with Crippen LogP contribution in [0, 0.1) is 11.7 Å². The first-order valence-corrected chi connectivity index (χ1v) is 9.68. The third kappa shape index (κ3) is 3.11. The molecule has 27 heavy (non-hydrogen) atoms. The van der Waals surface area contributed by atoms with E-state index in [9.17, 15) is 9.18 Å². The van der Waals surface area contributed by atoms with Crippen LogP contribution in [0.25, 0.3) is 11.0 Å². The summed E-state index contributed by atoms with van der Waals surface area (Å²) >= 11 is 0. The Labute approximate surface area is 157 Å². The van der Waals surface area contributed by atoms with Gasteiger partial charge in [-0.25, -0.2) is 9.37 Å². The van der Waals surface area contributed by atoms with Crippen LogP contribution in [0.4, 0.5) is 4.39 Å². The summed E-state index contributed by atoms with van der Waals surface area (Å²) in [5, 5.41) is 0. The highest BCUT2D eigenvalue weighted by atomic mass is 19.1. The van der Waals surface area contributed by atoms with Crippen LogP contribution in [-0.2, 0) is 4.79 Å². The minimum atomic E-state index is -0.230. The van der Waals surface area contributed by atoms with E-state index in [0.717, 1.165) is 54.8 Å². The van der Waals surface area contributed by atoms with Crippen LogP contribution in [0.2, 0.25) is 0 Å². The molecule has 138 valence electrons. The Morgan fingerprint density at radius 3 is 2.78 bits per heavy atom. The van der Waals surface area contributed by atoms with Crippen LogP contribution in [-0.4, -0.2) is 33.9 Å². The second-order valence-electron chi connectivity index (χ2n) is 7.76. The minimum Gasteiger partial charge on any atom is -0.342 e. The van der Waals surface area contributed by atoms with Gasteiger partial charge in [-0.3, -0.25) is 4.79 Å². The van der Waals surface area contributed by atoms with Crippen LogP contribution in [0.15, 0.2) is 48.5 Å². The van der Waals surface area contributed by atoms with Crippen LogP contribution < -0.4 is 0 Å². The lowest BCUT2D eigenvalue weighted by Crippen LogP contribution is -2.40. The third-order valence-corrected chi connectivity index (χ3v) is 5.93. The molecule has 0 unspecified atom stereocenters. The number of nitrogens with one attached hydrogen (secondary N) is 1. The van der Waals surface area contributed by atoms with Crippen molar-refractivity contribution in [3.8, 4) is 0 Å². The number of halogens is 1. The molecule has 2 heterocycles. The number of imidazole rings is 1. The molecule has 1 saturated carbocycles. The van der Waals surface area contributed by atoms with Gasteiger partial charge in [-0.05, 0) is 55.0 Å². The van der Waals surface area contributed by atoms with Crippen LogP contribution >= 0.6 is 0 Å². The molecule has 1 aromatic heterocycles. The van der Waals surface area contributed by atoms with E-state index in [1.165, 1.54) is 12.1 Å². The van der Waals surface area contributed by atoms with Crippen molar-refractivity contribution in [1.82, 2.24) is 14.9 Å². The maximum absolute atomic E-state index is 13.1. The molecule has 2 aliphatic rings. The SMILES string of the molecule is O=C([C@@H]1C[C@H]1c1ccc(F)cc1)N1CCC[C@H](c2nc3ccccc3[nH]2)C1. The predicted octanol–water partition coefficient (Wildman–Crippen LogP) is 4.21. The number of carbonyl (C=O) groups excluding carboxylic acids is 1. The highest BCUT2D eigenvalue weighted by Gasteiger charge is 2.46. The van der Waals surface area contributed by atoms with Crippen LogP contribution in [0.3, 0.4) is 0 Å². The molecule has 0 spiro atoms. The Morgan fingerprint density at radius 1 is 1.15 bits per heavy atom. The average Bonchev–Trinajstić information content (AvgIpc) is 3.38. The minimum absolute atomic E-state index is 0.0462. The van der Waals surface area contributed by atoms with Crippen molar-refractivity contribution < 1.29 is 9.18 Å². The fourth-order valence-corrected chi connectivity index (χ4v) is 4.35. The average molecular weight is 363 g/mol. The number of amides is 1. The molecule has 3 aromatic rings. The number of hydrogen-bond donors (Lipinski definition) is 1. The molecule has 5 rings (SSSR count). The molecule has 3 atom stereocenters. The fourth-order valence-electron chi connectivity index (χ4n) is 4.35. The van der Waals surface area contributed by atoms with E-state index in [4.69, 9.17) is 4.98 Å². The Hall–Kier alpha value is -2.69. The lowest BCUT2D eigenvalue weighted by Gasteiger charge is -2.32. The largest absolute Gasteiger partial charge is 0.342 e. The molecule has 1 amide bonds. The number of aromatic amines is 1. The number of carbonyl (C=O) groups is 1. The Balaban J connectivity index is 1.28. The standard InChI is InChI=1S/C22H22FN3O/c23-16-9-7-14(8-10-16)17-12-18(17)22(27)26-11-3-4-15(13-26)21-24-19-5-1-2-6-20(19)25-21/h1-2,5-10,15,17-18H,3-4,11-13H2,(H,24,25)/t15-,17-,18+/m0/s1. The van der Waals surface area contributed by atoms with Gasteiger partial charge >= 0.3 is 0 Å². The molecule has 1 saturated heterocycles. The summed E-state index contributed by atoms with van der Waals surface area (Å²) in [6.07, 6.45) is 2.92. The van der Waals surface area contributed by atoms with E-state index in [-0.39, 0.29) is 29.5 Å². The number of para-hydroxylation sites is 2. The normalized spacial score (nSPS) is 24.9. The van der Waals surface area contributed by atoms with E-state index in [1.807, 2.05) is 29.2 Å². The summed E-state index contributed by atoms with van der Waals surface area (Å²) in [6.45, 7) is 1.55. The van der Waals surface area contributed by atoms with Crippen molar-refractivity contribution in [2.45, 2.75) is 31.1 Å². The zero-order chi connectivity index (χ0) is 18.4. The number of piperidine rings is 1. The number of fused-ring (bicyclic) bond motifs is 1. The topological polar surface area (TPSA) is 49.0 Å². The maximum atomic E-state index is 13.1. The number of H-pyrrole nitrogens is 1. The Kier molecular flexibility index (Phi) is 3.96. The van der Waals surface area contributed by atoms with E-state index in [0.29, 0.717) is 0 Å². The van der Waals surface area contributed by atoms with Gasteiger partial charge in [0.25, 0.3) is 0 Å². The van der Waals surface area contributed by atoms with Gasteiger partial charge in [0.1, 0.15) is 11.6 Å². The highest BCUT2D eigenvalue weighted by molar-refractivity contribution is 5.83. The van der Waals surface area contributed by atoms with Crippen LogP contribution in [0.1, 0.15) is 42.5 Å². The van der Waals surface area contributed by atoms with Gasteiger partial charge in [0.2, 0.25) is 5.91 Å². The molecular formula is C22H22FN3O. The first-order chi connectivity index (χ1) is 13.2. The van der Waals surface area contributed by atoms with E-state index >= 15 is 0 Å². The van der Waals surface area contributed by atoms with Gasteiger partial charge in [0.05, 0.1) is 11.0 Å². The first-order valence-electron chi connectivity index (χ1n) is 9.68. The highest BCUT2D eigenvalue weighted by Crippen LogP contribution is 2.49. The van der Waals surface area contributed by atoms with Crippen molar-refractivity contribution in [2.24, 2.45) is 5.92 Å². The number of benzene rings is 2. The lowest BCUT2D eigenvalue weighted by atomic mass is 9.96. The fraction of sp³-hybridized carbons (Fsp3) is 0.364. The van der Waals surface area contributed by atoms with Gasteiger partial charge in [-0.2, -0.15) is 0 Å². The van der Waals surface area contributed by atoms with Gasteiger partial charge in [0, 0.05) is 24.9 Å². The van der Waals surface area contributed by atoms with Crippen molar-refractivity contribution in [3.05, 3.63) is 65.7 Å². The zero-order valence-corrected chi connectivity index (χ0v) is 15.1. The summed E-state index contributed by atoms with van der Waals surface area (Å²) < 4.78 is 13.1. The second kappa shape index (κ2) is 6.48. The maximum Gasteiger partial charge on any atom is 0.226 e. The Morgan fingerprint density at radius 2 is 1.96 bits per heavy atom. The number of rotatable bonds is 3. The molecule has 5 heteroatoms. The predicted molar refractivity (Wildman–Crippen MR) is 102 cm³/mol. The summed E-state index contributed by atoms with van der Waals surface area (Å²) in [4.78, 5) is 23.1. The monoisotopic (exact) mass is 363 g/mol. The van der Waals surface area contributed by atoms with E-state index in [2.05, 4.69) is 4.98 Å². The van der Waals surface area contributed by atoms with E-state index in [1.54, 1.807) is 12.1 Å². The van der Waals surface area contributed by atoms with Crippen molar-refractivity contribution in [3.63, 3.8) is 0 Å². The molecule has 2 fully saturated rings. The second-order valence-corrected chi connectivity index (χ2v) is 7.76. The van der Waals surface area contributed by atoms with Crippen molar-refractivity contribution in [1.29, 1.82) is 0 Å². The molecular weight excluding hydrogens is 341 g/mol. The van der Waals surface area contributed by atoms with Crippen LogP contribution in [0.5, 0.6) is 0 Å². The number of hydrogen-bond acceptors (Lipinski definition) is 2. The Bertz CT molecular complexity index is 948. The molecule has 2 aromatic carbocycles. The van der Waals surface area contributed by atoms with Gasteiger partial charge < -0.3 is 9.88 Å².